The van der Waals surface area contributed by atoms with Gasteiger partial charge >= 0.3 is 0 Å². The van der Waals surface area contributed by atoms with Gasteiger partial charge in [0.1, 0.15) is 17.7 Å². The minimum absolute atomic E-state index is 0.0340. The molecule has 1 aliphatic heterocycles. The summed E-state index contributed by atoms with van der Waals surface area (Å²) in [4.78, 5) is 26.7. The molecule has 32 heavy (non-hydrogen) atoms. The molecule has 3 aromatic carbocycles. The van der Waals surface area contributed by atoms with Gasteiger partial charge in [0.05, 0.1) is 19.5 Å². The minimum Gasteiger partial charge on any atom is -0.497 e. The van der Waals surface area contributed by atoms with Crippen LogP contribution in [-0.2, 0) is 20.9 Å². The van der Waals surface area contributed by atoms with E-state index in [4.69, 9.17) is 9.47 Å². The van der Waals surface area contributed by atoms with Crippen LogP contribution in [0.1, 0.15) is 16.5 Å². The Hall–Kier alpha value is -3.29. The number of rotatable bonds is 8. The molecule has 1 heterocycles. The summed E-state index contributed by atoms with van der Waals surface area (Å²) in [5.41, 5.74) is 3.45. The number of nitrogens with zero attached hydrogens (tertiary/aromatic N) is 1. The van der Waals surface area contributed by atoms with Gasteiger partial charge in [0, 0.05) is 11.4 Å². The molecule has 0 saturated carbocycles. The molecule has 0 aliphatic carbocycles. The Labute approximate surface area is 191 Å². The summed E-state index contributed by atoms with van der Waals surface area (Å²) in [5.74, 6) is 0.971. The van der Waals surface area contributed by atoms with Crippen molar-refractivity contribution < 1.29 is 19.1 Å². The highest BCUT2D eigenvalue weighted by Gasteiger charge is 2.34. The summed E-state index contributed by atoms with van der Waals surface area (Å²) >= 11 is 1.56. The van der Waals surface area contributed by atoms with Gasteiger partial charge in [-0.25, -0.2) is 0 Å². The van der Waals surface area contributed by atoms with Gasteiger partial charge in [-0.05, 0) is 47.5 Å². The lowest BCUT2D eigenvalue weighted by molar-refractivity contribution is -0.121. The predicted molar refractivity (Wildman–Crippen MR) is 127 cm³/mol. The summed E-state index contributed by atoms with van der Waals surface area (Å²) in [6.45, 7) is 0.347. The van der Waals surface area contributed by atoms with E-state index in [-0.39, 0.29) is 23.8 Å². The van der Waals surface area contributed by atoms with E-state index in [0.717, 1.165) is 22.6 Å². The van der Waals surface area contributed by atoms with Crippen molar-refractivity contribution >= 4 is 35.0 Å². The van der Waals surface area contributed by atoms with E-state index in [1.54, 1.807) is 23.8 Å². The second-order valence-corrected chi connectivity index (χ2v) is 8.35. The highest BCUT2D eigenvalue weighted by Crippen LogP contribution is 2.42. The van der Waals surface area contributed by atoms with Crippen LogP contribution in [0, 0.1) is 0 Å². The monoisotopic (exact) mass is 448 g/mol. The Balaban J connectivity index is 1.41. The molecule has 0 bridgehead atoms. The third kappa shape index (κ3) is 5.30. The van der Waals surface area contributed by atoms with E-state index in [2.05, 4.69) is 5.32 Å². The molecule has 164 valence electrons. The fourth-order valence-corrected chi connectivity index (χ4v) is 4.66. The molecule has 0 radical (unpaired) electrons. The van der Waals surface area contributed by atoms with Crippen molar-refractivity contribution in [2.24, 2.45) is 0 Å². The van der Waals surface area contributed by atoms with E-state index in [1.807, 2.05) is 78.9 Å². The highest BCUT2D eigenvalue weighted by atomic mass is 32.2. The van der Waals surface area contributed by atoms with E-state index in [1.165, 1.54) is 0 Å². The van der Waals surface area contributed by atoms with Crippen molar-refractivity contribution in [3.05, 3.63) is 90.0 Å². The average molecular weight is 449 g/mol. The average Bonchev–Trinajstić information content (AvgIpc) is 3.21. The molecule has 7 heteroatoms. The number of carbonyl (C=O) groups excluding carboxylic acids is 2. The van der Waals surface area contributed by atoms with Crippen molar-refractivity contribution in [3.63, 3.8) is 0 Å². The highest BCUT2D eigenvalue weighted by molar-refractivity contribution is 8.00. The Morgan fingerprint density at radius 2 is 1.84 bits per heavy atom. The Bertz CT molecular complexity index is 1070. The van der Waals surface area contributed by atoms with E-state index < -0.39 is 0 Å². The van der Waals surface area contributed by atoms with Crippen molar-refractivity contribution in [2.45, 2.75) is 12.0 Å². The molecule has 1 N–H and O–H groups in total. The van der Waals surface area contributed by atoms with Crippen LogP contribution in [0.5, 0.6) is 5.75 Å². The van der Waals surface area contributed by atoms with Crippen molar-refractivity contribution in [1.82, 2.24) is 0 Å². The van der Waals surface area contributed by atoms with Gasteiger partial charge in [-0.3, -0.25) is 14.5 Å². The summed E-state index contributed by atoms with van der Waals surface area (Å²) in [5, 5.41) is 2.72. The number of benzene rings is 3. The van der Waals surface area contributed by atoms with Crippen molar-refractivity contribution in [1.29, 1.82) is 0 Å². The first kappa shape index (κ1) is 21.9. The number of thioether (sulfide) groups is 1. The molecular formula is C25H24N2O4S. The number of nitrogens with one attached hydrogen (secondary N) is 1. The third-order valence-corrected chi connectivity index (χ3v) is 6.23. The standard InChI is InChI=1S/C25H24N2O4S/c1-30-22-12-10-21(11-13-22)27-24(29)17-32-25(27)19-8-5-9-20(14-19)26-23(28)16-31-15-18-6-3-2-4-7-18/h2-14,25H,15-17H2,1H3,(H,26,28)/t25-/m0/s1. The second-order valence-electron chi connectivity index (χ2n) is 7.28. The molecule has 4 rings (SSSR count). The van der Waals surface area contributed by atoms with Crippen LogP contribution in [0.3, 0.4) is 0 Å². The van der Waals surface area contributed by atoms with Crippen LogP contribution >= 0.6 is 11.8 Å². The Morgan fingerprint density at radius 1 is 1.06 bits per heavy atom. The predicted octanol–water partition coefficient (Wildman–Crippen LogP) is 4.63. The van der Waals surface area contributed by atoms with Gasteiger partial charge in [-0.15, -0.1) is 11.8 Å². The van der Waals surface area contributed by atoms with Gasteiger partial charge in [-0.2, -0.15) is 0 Å². The summed E-state index contributed by atoms with van der Waals surface area (Å²) < 4.78 is 10.7. The van der Waals surface area contributed by atoms with Crippen molar-refractivity contribution in [3.8, 4) is 5.75 Å². The topological polar surface area (TPSA) is 67.9 Å². The molecule has 0 spiro atoms. The number of methoxy groups -OCH3 is 1. The third-order valence-electron chi connectivity index (χ3n) is 5.02. The summed E-state index contributed by atoms with van der Waals surface area (Å²) in [7, 11) is 1.61. The van der Waals surface area contributed by atoms with Gasteiger partial charge < -0.3 is 14.8 Å². The zero-order chi connectivity index (χ0) is 22.3. The van der Waals surface area contributed by atoms with E-state index in [9.17, 15) is 9.59 Å². The Morgan fingerprint density at radius 3 is 2.59 bits per heavy atom. The molecule has 1 saturated heterocycles. The minimum atomic E-state index is -0.222. The number of amides is 2. The molecule has 2 amide bonds. The van der Waals surface area contributed by atoms with E-state index >= 15 is 0 Å². The fourth-order valence-electron chi connectivity index (χ4n) is 3.50. The number of carbonyl (C=O) groups is 2. The van der Waals surface area contributed by atoms with Crippen molar-refractivity contribution in [2.75, 3.05) is 29.7 Å². The first-order chi connectivity index (χ1) is 15.6. The zero-order valence-electron chi connectivity index (χ0n) is 17.7. The second kappa shape index (κ2) is 10.3. The molecule has 1 aliphatic rings. The summed E-state index contributed by atoms with van der Waals surface area (Å²) in [6.07, 6.45) is 0. The molecule has 3 aromatic rings. The number of hydrogen-bond acceptors (Lipinski definition) is 5. The van der Waals surface area contributed by atoms with Crippen LogP contribution in [0.4, 0.5) is 11.4 Å². The SMILES string of the molecule is COc1ccc(N2C(=O)CS[C@H]2c2cccc(NC(=O)COCc3ccccc3)c2)cc1. The number of hydrogen-bond donors (Lipinski definition) is 1. The maximum absolute atomic E-state index is 12.6. The van der Waals surface area contributed by atoms with Gasteiger partial charge in [0.25, 0.3) is 0 Å². The van der Waals surface area contributed by atoms with Crippen LogP contribution in [0.25, 0.3) is 0 Å². The maximum atomic E-state index is 12.6. The smallest absolute Gasteiger partial charge is 0.250 e. The van der Waals surface area contributed by atoms with Gasteiger partial charge in [-0.1, -0.05) is 42.5 Å². The number of anilines is 2. The van der Waals surface area contributed by atoms with E-state index in [0.29, 0.717) is 18.0 Å². The zero-order valence-corrected chi connectivity index (χ0v) is 18.5. The van der Waals surface area contributed by atoms with Crippen LogP contribution in [-0.4, -0.2) is 31.3 Å². The lowest BCUT2D eigenvalue weighted by Gasteiger charge is -2.25. The van der Waals surface area contributed by atoms with Gasteiger partial charge in [0.15, 0.2) is 0 Å². The maximum Gasteiger partial charge on any atom is 0.250 e. The summed E-state index contributed by atoms with van der Waals surface area (Å²) in [6, 6.07) is 24.7. The van der Waals surface area contributed by atoms with Crippen LogP contribution in [0.15, 0.2) is 78.9 Å². The molecule has 1 fully saturated rings. The molecular weight excluding hydrogens is 424 g/mol. The molecule has 0 unspecified atom stereocenters. The molecule has 1 atom stereocenters. The lowest BCUT2D eigenvalue weighted by atomic mass is 10.1. The normalized spacial score (nSPS) is 15.6. The Kier molecular flexibility index (Phi) is 7.09. The van der Waals surface area contributed by atoms with Crippen LogP contribution < -0.4 is 15.0 Å². The quantitative estimate of drug-likeness (QED) is 0.544. The fraction of sp³-hybridized carbons (Fsp3) is 0.200. The van der Waals surface area contributed by atoms with Crippen LogP contribution in [0.2, 0.25) is 0 Å². The lowest BCUT2D eigenvalue weighted by Crippen LogP contribution is -2.27. The molecule has 6 nitrogen and oxygen atoms in total. The largest absolute Gasteiger partial charge is 0.497 e. The first-order valence-corrected chi connectivity index (χ1v) is 11.3. The number of ether oxygens (including phenoxy) is 2. The van der Waals surface area contributed by atoms with Gasteiger partial charge in [0.2, 0.25) is 11.8 Å². The molecule has 0 aromatic heterocycles. The first-order valence-electron chi connectivity index (χ1n) is 10.2.